The van der Waals surface area contributed by atoms with Gasteiger partial charge >= 0.3 is 0 Å². The molecule has 0 fully saturated rings. The van der Waals surface area contributed by atoms with Crippen molar-refractivity contribution < 1.29 is 9.47 Å². The predicted molar refractivity (Wildman–Crippen MR) is 111 cm³/mol. The number of nitrogens with zero attached hydrogens (tertiary/aromatic N) is 2. The van der Waals surface area contributed by atoms with Crippen molar-refractivity contribution in [2.45, 2.75) is 0 Å². The van der Waals surface area contributed by atoms with Gasteiger partial charge in [0.15, 0.2) is 11.5 Å². The third kappa shape index (κ3) is 2.57. The van der Waals surface area contributed by atoms with Crippen LogP contribution in [0.15, 0.2) is 72.8 Å². The van der Waals surface area contributed by atoms with Crippen LogP contribution in [0.25, 0.3) is 44.9 Å². The number of para-hydroxylation sites is 2. The van der Waals surface area contributed by atoms with Crippen LogP contribution in [0.2, 0.25) is 0 Å². The number of aromatic amines is 2. The number of ether oxygens (including phenoxy) is 2. The van der Waals surface area contributed by atoms with Crippen LogP contribution < -0.4 is 9.47 Å². The summed E-state index contributed by atoms with van der Waals surface area (Å²) in [5, 5.41) is 7.87. The first-order chi connectivity index (χ1) is 14.4. The van der Waals surface area contributed by atoms with E-state index in [9.17, 15) is 0 Å². The number of nitrogens with one attached hydrogen (secondary N) is 2. The molecule has 0 saturated heterocycles. The largest absolute Gasteiger partial charge is 0.454 e. The zero-order valence-corrected chi connectivity index (χ0v) is 15.3. The topological polar surface area (TPSA) is 75.8 Å². The van der Waals surface area contributed by atoms with Gasteiger partial charge in [0.05, 0.1) is 22.3 Å². The Bertz CT molecular complexity index is 1300. The van der Waals surface area contributed by atoms with Crippen LogP contribution in [0.5, 0.6) is 11.5 Å². The maximum absolute atomic E-state index is 5.56. The van der Waals surface area contributed by atoms with Gasteiger partial charge in [-0.25, -0.2) is 4.98 Å². The Morgan fingerprint density at radius 1 is 0.793 bits per heavy atom. The highest BCUT2D eigenvalue weighted by molar-refractivity contribution is 5.92. The predicted octanol–water partition coefficient (Wildman–Crippen LogP) is 5.02. The highest BCUT2D eigenvalue weighted by Crippen LogP contribution is 2.41. The number of benzene rings is 3. The van der Waals surface area contributed by atoms with E-state index in [-0.39, 0.29) is 6.79 Å². The van der Waals surface area contributed by atoms with Crippen molar-refractivity contribution in [1.82, 2.24) is 20.2 Å². The molecule has 29 heavy (non-hydrogen) atoms. The Labute approximate surface area is 166 Å². The van der Waals surface area contributed by atoms with Crippen LogP contribution in [0.1, 0.15) is 0 Å². The monoisotopic (exact) mass is 380 g/mol. The van der Waals surface area contributed by atoms with Gasteiger partial charge in [-0.3, -0.25) is 5.10 Å². The molecular formula is C23H16N4O2. The molecule has 0 unspecified atom stereocenters. The van der Waals surface area contributed by atoms with Crippen molar-refractivity contribution in [2.75, 3.05) is 6.79 Å². The van der Waals surface area contributed by atoms with Gasteiger partial charge in [-0.05, 0) is 30.3 Å². The molecule has 0 aliphatic carbocycles. The number of imidazole rings is 1. The van der Waals surface area contributed by atoms with Crippen LogP contribution in [-0.4, -0.2) is 27.0 Å². The van der Waals surface area contributed by atoms with Crippen LogP contribution in [0.4, 0.5) is 0 Å². The van der Waals surface area contributed by atoms with Crippen molar-refractivity contribution in [1.29, 1.82) is 0 Å². The molecule has 6 rings (SSSR count). The molecule has 6 heteroatoms. The normalized spacial score (nSPS) is 12.6. The number of fused-ring (bicyclic) bond motifs is 2. The lowest BCUT2D eigenvalue weighted by Gasteiger charge is -2.05. The van der Waals surface area contributed by atoms with Crippen molar-refractivity contribution in [3.8, 4) is 45.4 Å². The van der Waals surface area contributed by atoms with Gasteiger partial charge in [0.25, 0.3) is 0 Å². The second kappa shape index (κ2) is 6.24. The summed E-state index contributed by atoms with van der Waals surface area (Å²) in [6, 6.07) is 24.0. The van der Waals surface area contributed by atoms with Gasteiger partial charge in [0, 0.05) is 11.1 Å². The summed E-state index contributed by atoms with van der Waals surface area (Å²) in [7, 11) is 0. The lowest BCUT2D eigenvalue weighted by molar-refractivity contribution is 0.174. The summed E-state index contributed by atoms with van der Waals surface area (Å²) in [6.45, 7) is 0.241. The molecule has 0 bridgehead atoms. The van der Waals surface area contributed by atoms with Crippen LogP contribution in [0, 0.1) is 0 Å². The lowest BCUT2D eigenvalue weighted by Crippen LogP contribution is -1.92. The molecule has 1 aliphatic rings. The quantitative estimate of drug-likeness (QED) is 0.461. The highest BCUT2D eigenvalue weighted by Gasteiger charge is 2.23. The number of hydrogen-bond acceptors (Lipinski definition) is 4. The summed E-state index contributed by atoms with van der Waals surface area (Å²) in [5.74, 6) is 2.24. The Kier molecular flexibility index (Phi) is 3.43. The zero-order chi connectivity index (χ0) is 19.2. The van der Waals surface area contributed by atoms with Gasteiger partial charge in [0.1, 0.15) is 11.5 Å². The molecule has 2 aromatic heterocycles. The molecule has 0 saturated carbocycles. The molecule has 6 nitrogen and oxygen atoms in total. The summed E-state index contributed by atoms with van der Waals surface area (Å²) in [5.41, 5.74) is 6.52. The SMILES string of the molecule is c1ccc(-c2[nH]nc(-c3ccc4c(c3)OCO4)c2-c2nc3ccccc3[nH]2)cc1. The molecule has 3 aromatic carbocycles. The van der Waals surface area contributed by atoms with E-state index in [4.69, 9.17) is 14.5 Å². The minimum atomic E-state index is 0.241. The second-order valence-corrected chi connectivity index (χ2v) is 6.86. The Hall–Kier alpha value is -4.06. The molecule has 5 aromatic rings. The van der Waals surface area contributed by atoms with Gasteiger partial charge in [0.2, 0.25) is 6.79 Å². The van der Waals surface area contributed by atoms with Crippen LogP contribution in [0.3, 0.4) is 0 Å². The average Bonchev–Trinajstić information content (AvgIpc) is 3.50. The van der Waals surface area contributed by atoms with Gasteiger partial charge in [-0.2, -0.15) is 5.10 Å². The van der Waals surface area contributed by atoms with Crippen molar-refractivity contribution in [2.24, 2.45) is 0 Å². The van der Waals surface area contributed by atoms with E-state index >= 15 is 0 Å². The fourth-order valence-corrected chi connectivity index (χ4v) is 3.71. The molecular weight excluding hydrogens is 364 g/mol. The summed E-state index contributed by atoms with van der Waals surface area (Å²) < 4.78 is 11.0. The number of H-pyrrole nitrogens is 2. The van der Waals surface area contributed by atoms with Crippen LogP contribution in [-0.2, 0) is 0 Å². The molecule has 3 heterocycles. The highest BCUT2D eigenvalue weighted by atomic mass is 16.7. The zero-order valence-electron chi connectivity index (χ0n) is 15.3. The van der Waals surface area contributed by atoms with E-state index in [1.54, 1.807) is 0 Å². The lowest BCUT2D eigenvalue weighted by atomic mass is 10.0. The molecule has 2 N–H and O–H groups in total. The molecule has 0 radical (unpaired) electrons. The van der Waals surface area contributed by atoms with E-state index in [1.165, 1.54) is 0 Å². The molecule has 140 valence electrons. The molecule has 0 spiro atoms. The van der Waals surface area contributed by atoms with E-state index < -0.39 is 0 Å². The van der Waals surface area contributed by atoms with Gasteiger partial charge in [-0.1, -0.05) is 42.5 Å². The third-order valence-electron chi connectivity index (χ3n) is 5.10. The first kappa shape index (κ1) is 15.9. The van der Waals surface area contributed by atoms with Crippen molar-refractivity contribution >= 4 is 11.0 Å². The fourth-order valence-electron chi connectivity index (χ4n) is 3.71. The maximum Gasteiger partial charge on any atom is 0.231 e. The molecule has 0 amide bonds. The second-order valence-electron chi connectivity index (χ2n) is 6.86. The summed E-state index contributed by atoms with van der Waals surface area (Å²) in [6.07, 6.45) is 0. The number of aromatic nitrogens is 4. The van der Waals surface area contributed by atoms with E-state index in [0.717, 1.165) is 56.4 Å². The minimum Gasteiger partial charge on any atom is -0.454 e. The minimum absolute atomic E-state index is 0.241. The Morgan fingerprint density at radius 2 is 1.62 bits per heavy atom. The van der Waals surface area contributed by atoms with Crippen molar-refractivity contribution in [3.63, 3.8) is 0 Å². The summed E-state index contributed by atoms with van der Waals surface area (Å²) >= 11 is 0. The van der Waals surface area contributed by atoms with Crippen LogP contribution >= 0.6 is 0 Å². The van der Waals surface area contributed by atoms with E-state index in [1.807, 2.05) is 60.7 Å². The Morgan fingerprint density at radius 3 is 2.52 bits per heavy atom. The standard InChI is InChI=1S/C23H16N4O2/c1-2-6-14(7-3-1)21-20(23-24-16-8-4-5-9-17(16)25-23)22(27-26-21)15-10-11-18-19(12-15)29-13-28-18/h1-12H,13H2,(H,24,25)(H,26,27). The van der Waals surface area contributed by atoms with Gasteiger partial charge in [-0.15, -0.1) is 0 Å². The maximum atomic E-state index is 5.56. The average molecular weight is 380 g/mol. The smallest absolute Gasteiger partial charge is 0.231 e. The van der Waals surface area contributed by atoms with Crippen molar-refractivity contribution in [3.05, 3.63) is 72.8 Å². The number of rotatable bonds is 3. The Balaban J connectivity index is 1.60. The fraction of sp³-hybridized carbons (Fsp3) is 0.0435. The molecule has 1 aliphatic heterocycles. The first-order valence-corrected chi connectivity index (χ1v) is 9.36. The molecule has 0 atom stereocenters. The number of hydrogen-bond donors (Lipinski definition) is 2. The van der Waals surface area contributed by atoms with E-state index in [2.05, 4.69) is 27.3 Å². The van der Waals surface area contributed by atoms with E-state index in [0.29, 0.717) is 0 Å². The van der Waals surface area contributed by atoms with Gasteiger partial charge < -0.3 is 14.5 Å². The summed E-state index contributed by atoms with van der Waals surface area (Å²) in [4.78, 5) is 8.27. The first-order valence-electron chi connectivity index (χ1n) is 9.36. The third-order valence-corrected chi connectivity index (χ3v) is 5.10.